The molecule has 112 valence electrons. The number of benzene rings is 1. The predicted octanol–water partition coefficient (Wildman–Crippen LogP) is 2.88. The average Bonchev–Trinajstić information content (AvgIpc) is 2.31. The largest absolute Gasteiger partial charge is 0.275 e. The zero-order valence-corrected chi connectivity index (χ0v) is 13.2. The van der Waals surface area contributed by atoms with Gasteiger partial charge in [0.25, 0.3) is 5.69 Å². The Hall–Kier alpha value is -1.18. The Labute approximate surface area is 123 Å². The maximum atomic E-state index is 12.2. The average molecular weight is 321 g/mol. The minimum Gasteiger partial charge on any atom is -0.258 e. The first-order valence-electron chi connectivity index (χ1n) is 6.03. The van der Waals surface area contributed by atoms with Gasteiger partial charge in [-0.1, -0.05) is 25.4 Å². The molecule has 8 heteroatoms. The molecule has 1 atom stereocenters. The number of nitrogens with one attached hydrogen (secondary N) is 1. The molecule has 1 aromatic carbocycles. The Morgan fingerprint density at radius 2 is 1.85 bits per heavy atom. The second-order valence-electron chi connectivity index (χ2n) is 4.96. The Bertz CT molecular complexity index is 629. The fraction of sp³-hybridized carbons (Fsp3) is 0.500. The van der Waals surface area contributed by atoms with Gasteiger partial charge in [0.05, 0.1) is 14.8 Å². The first kappa shape index (κ1) is 16.9. The minimum absolute atomic E-state index is 0.0526. The van der Waals surface area contributed by atoms with Crippen LogP contribution in [-0.2, 0) is 10.0 Å². The maximum absolute atomic E-state index is 12.2. The van der Waals surface area contributed by atoms with Crippen molar-refractivity contribution < 1.29 is 13.3 Å². The predicted molar refractivity (Wildman–Crippen MR) is 77.5 cm³/mol. The summed E-state index contributed by atoms with van der Waals surface area (Å²) in [6.45, 7) is 6.95. The molecule has 0 bridgehead atoms. The van der Waals surface area contributed by atoms with E-state index in [4.69, 9.17) is 11.6 Å². The van der Waals surface area contributed by atoms with Gasteiger partial charge in [0.15, 0.2) is 0 Å². The van der Waals surface area contributed by atoms with Gasteiger partial charge in [0.2, 0.25) is 10.0 Å². The highest BCUT2D eigenvalue weighted by Crippen LogP contribution is 2.29. The third-order valence-electron chi connectivity index (χ3n) is 3.14. The fourth-order valence-corrected chi connectivity index (χ4v) is 3.15. The van der Waals surface area contributed by atoms with Crippen molar-refractivity contribution in [2.75, 3.05) is 0 Å². The van der Waals surface area contributed by atoms with E-state index < -0.39 is 14.9 Å². The Morgan fingerprint density at radius 3 is 2.30 bits per heavy atom. The van der Waals surface area contributed by atoms with E-state index in [9.17, 15) is 18.5 Å². The van der Waals surface area contributed by atoms with Crippen LogP contribution in [0.5, 0.6) is 0 Å². The van der Waals surface area contributed by atoms with Crippen molar-refractivity contribution >= 4 is 27.3 Å². The molecule has 0 aromatic heterocycles. The van der Waals surface area contributed by atoms with Crippen molar-refractivity contribution in [2.24, 2.45) is 5.92 Å². The van der Waals surface area contributed by atoms with E-state index in [1.807, 2.05) is 13.8 Å². The van der Waals surface area contributed by atoms with E-state index in [1.165, 1.54) is 13.0 Å². The van der Waals surface area contributed by atoms with Crippen LogP contribution in [0.3, 0.4) is 0 Å². The van der Waals surface area contributed by atoms with Crippen LogP contribution in [-0.4, -0.2) is 19.4 Å². The van der Waals surface area contributed by atoms with E-state index in [2.05, 4.69) is 4.72 Å². The molecule has 0 heterocycles. The molecule has 20 heavy (non-hydrogen) atoms. The normalized spacial score (nSPS) is 13.5. The van der Waals surface area contributed by atoms with Crippen molar-refractivity contribution in [3.8, 4) is 0 Å². The lowest BCUT2D eigenvalue weighted by molar-refractivity contribution is -0.385. The fourth-order valence-electron chi connectivity index (χ4n) is 1.43. The molecule has 0 radical (unpaired) electrons. The summed E-state index contributed by atoms with van der Waals surface area (Å²) in [4.78, 5) is 10.1. The maximum Gasteiger partial charge on any atom is 0.275 e. The van der Waals surface area contributed by atoms with Crippen LogP contribution in [0, 0.1) is 23.0 Å². The van der Waals surface area contributed by atoms with Crippen LogP contribution in [0.25, 0.3) is 0 Å². The van der Waals surface area contributed by atoms with E-state index in [0.717, 1.165) is 6.07 Å². The summed E-state index contributed by atoms with van der Waals surface area (Å²) in [6, 6.07) is 1.95. The molecule has 0 aliphatic carbocycles. The Balaban J connectivity index is 3.30. The topological polar surface area (TPSA) is 89.3 Å². The standard InChI is InChI=1S/C12H17ClN2O4S/c1-7(2)9(4)14-20(18,19)10-5-11(13)8(3)12(6-10)15(16)17/h5-7,9,14H,1-4H3/t9-/m1/s1. The molecule has 0 saturated carbocycles. The van der Waals surface area contributed by atoms with Crippen molar-refractivity contribution in [3.05, 3.63) is 32.8 Å². The molecule has 0 saturated heterocycles. The number of nitro groups is 1. The van der Waals surface area contributed by atoms with Crippen LogP contribution in [0.2, 0.25) is 5.02 Å². The number of hydrogen-bond donors (Lipinski definition) is 1. The second kappa shape index (κ2) is 6.07. The SMILES string of the molecule is Cc1c(Cl)cc(S(=O)(=O)N[C@H](C)C(C)C)cc1[N+](=O)[O-]. The van der Waals surface area contributed by atoms with Gasteiger partial charge in [0, 0.05) is 17.7 Å². The van der Waals surface area contributed by atoms with Crippen LogP contribution < -0.4 is 4.72 Å². The third-order valence-corrected chi connectivity index (χ3v) is 5.07. The monoisotopic (exact) mass is 320 g/mol. The molecule has 0 amide bonds. The van der Waals surface area contributed by atoms with Crippen molar-refractivity contribution in [2.45, 2.75) is 38.6 Å². The summed E-state index contributed by atoms with van der Waals surface area (Å²) < 4.78 is 26.9. The number of nitro benzene ring substituents is 1. The Kier molecular flexibility index (Phi) is 5.12. The van der Waals surface area contributed by atoms with Gasteiger partial charge in [-0.15, -0.1) is 0 Å². The first-order chi connectivity index (χ1) is 9.06. The number of sulfonamides is 1. The van der Waals surface area contributed by atoms with Crippen LogP contribution in [0.15, 0.2) is 17.0 Å². The zero-order valence-electron chi connectivity index (χ0n) is 11.7. The van der Waals surface area contributed by atoms with Crippen molar-refractivity contribution in [1.29, 1.82) is 0 Å². The molecular formula is C12H17ClN2O4S. The van der Waals surface area contributed by atoms with Gasteiger partial charge in [-0.25, -0.2) is 13.1 Å². The summed E-state index contributed by atoms with van der Waals surface area (Å²) in [5.74, 6) is 0.0979. The van der Waals surface area contributed by atoms with Gasteiger partial charge >= 0.3 is 0 Å². The molecule has 0 aliphatic heterocycles. The summed E-state index contributed by atoms with van der Waals surface area (Å²) >= 11 is 5.87. The van der Waals surface area contributed by atoms with Gasteiger partial charge in [0.1, 0.15) is 0 Å². The van der Waals surface area contributed by atoms with Crippen molar-refractivity contribution in [3.63, 3.8) is 0 Å². The molecule has 0 aliphatic rings. The highest BCUT2D eigenvalue weighted by molar-refractivity contribution is 7.89. The quantitative estimate of drug-likeness (QED) is 0.667. The Morgan fingerprint density at radius 1 is 1.30 bits per heavy atom. The van der Waals surface area contributed by atoms with Gasteiger partial charge in [-0.3, -0.25) is 10.1 Å². The summed E-state index contributed by atoms with van der Waals surface area (Å²) in [5.41, 5.74) is -0.0670. The van der Waals surface area contributed by atoms with E-state index in [1.54, 1.807) is 6.92 Å². The third kappa shape index (κ3) is 3.68. The zero-order chi connectivity index (χ0) is 15.7. The van der Waals surface area contributed by atoms with Gasteiger partial charge in [-0.2, -0.15) is 0 Å². The first-order valence-corrected chi connectivity index (χ1v) is 7.89. The number of nitrogens with zero attached hydrogens (tertiary/aromatic N) is 1. The minimum atomic E-state index is -3.84. The van der Waals surface area contributed by atoms with E-state index in [-0.39, 0.29) is 33.1 Å². The number of halogens is 1. The number of hydrogen-bond acceptors (Lipinski definition) is 4. The highest BCUT2D eigenvalue weighted by atomic mass is 35.5. The smallest absolute Gasteiger partial charge is 0.258 e. The molecule has 0 fully saturated rings. The van der Waals surface area contributed by atoms with Crippen LogP contribution in [0.1, 0.15) is 26.3 Å². The molecular weight excluding hydrogens is 304 g/mol. The lowest BCUT2D eigenvalue weighted by atomic mass is 10.1. The number of rotatable bonds is 5. The molecule has 1 N–H and O–H groups in total. The van der Waals surface area contributed by atoms with Crippen LogP contribution in [0.4, 0.5) is 5.69 Å². The van der Waals surface area contributed by atoms with Crippen LogP contribution >= 0.6 is 11.6 Å². The lowest BCUT2D eigenvalue weighted by Crippen LogP contribution is -2.36. The molecule has 1 rings (SSSR count). The highest BCUT2D eigenvalue weighted by Gasteiger charge is 2.24. The lowest BCUT2D eigenvalue weighted by Gasteiger charge is -2.17. The summed E-state index contributed by atoms with van der Waals surface area (Å²) in [5, 5.41) is 11.0. The van der Waals surface area contributed by atoms with E-state index >= 15 is 0 Å². The van der Waals surface area contributed by atoms with Crippen molar-refractivity contribution in [1.82, 2.24) is 4.72 Å². The molecule has 6 nitrogen and oxygen atoms in total. The van der Waals surface area contributed by atoms with Gasteiger partial charge < -0.3 is 0 Å². The molecule has 1 aromatic rings. The van der Waals surface area contributed by atoms with Gasteiger partial charge in [-0.05, 0) is 25.8 Å². The molecule has 0 spiro atoms. The summed E-state index contributed by atoms with van der Waals surface area (Å²) in [7, 11) is -3.84. The molecule has 0 unspecified atom stereocenters. The van der Waals surface area contributed by atoms with E-state index in [0.29, 0.717) is 0 Å². The second-order valence-corrected chi connectivity index (χ2v) is 7.08. The summed E-state index contributed by atoms with van der Waals surface area (Å²) in [6.07, 6.45) is 0.